The monoisotopic (exact) mass is 262 g/mol. The van der Waals surface area contributed by atoms with Crippen molar-refractivity contribution in [3.63, 3.8) is 0 Å². The van der Waals surface area contributed by atoms with Crippen molar-refractivity contribution in [3.8, 4) is 11.1 Å². The summed E-state index contributed by atoms with van der Waals surface area (Å²) in [5.74, 6) is 0. The second-order valence-electron chi connectivity index (χ2n) is 4.16. The van der Waals surface area contributed by atoms with Gasteiger partial charge in [-0.1, -0.05) is 60.7 Å². The molecule has 2 heteroatoms. The third-order valence-corrected chi connectivity index (χ3v) is 2.92. The van der Waals surface area contributed by atoms with Gasteiger partial charge in [-0.3, -0.25) is 9.59 Å². The van der Waals surface area contributed by atoms with E-state index in [9.17, 15) is 9.59 Å². The van der Waals surface area contributed by atoms with Crippen molar-refractivity contribution in [2.45, 2.75) is 0 Å². The van der Waals surface area contributed by atoms with Gasteiger partial charge in [0.25, 0.3) is 0 Å². The van der Waals surface area contributed by atoms with E-state index in [1.165, 1.54) is 12.2 Å². The van der Waals surface area contributed by atoms with Crippen molar-refractivity contribution >= 4 is 24.7 Å². The number of hydrogen-bond acceptors (Lipinski definition) is 2. The molecule has 2 aromatic rings. The highest BCUT2D eigenvalue weighted by Gasteiger charge is 2.05. The first-order chi connectivity index (χ1) is 9.86. The van der Waals surface area contributed by atoms with Crippen LogP contribution in [0.2, 0.25) is 0 Å². The Hall–Kier alpha value is -2.74. The molecule has 2 aromatic carbocycles. The normalized spacial score (nSPS) is 11.0. The Bertz CT molecular complexity index is 652. The maximum atomic E-state index is 10.6. The molecule has 0 unspecified atom stereocenters. The first-order valence-corrected chi connectivity index (χ1v) is 6.29. The van der Waals surface area contributed by atoms with Gasteiger partial charge in [0.2, 0.25) is 0 Å². The molecule has 0 heterocycles. The van der Waals surface area contributed by atoms with E-state index >= 15 is 0 Å². The van der Waals surface area contributed by atoms with Crippen molar-refractivity contribution in [1.82, 2.24) is 0 Å². The lowest BCUT2D eigenvalue weighted by Gasteiger charge is -2.09. The Morgan fingerprint density at radius 2 is 1.40 bits per heavy atom. The van der Waals surface area contributed by atoms with E-state index in [-0.39, 0.29) is 0 Å². The van der Waals surface area contributed by atoms with Crippen molar-refractivity contribution in [2.24, 2.45) is 0 Å². The van der Waals surface area contributed by atoms with Gasteiger partial charge >= 0.3 is 0 Å². The lowest BCUT2D eigenvalue weighted by atomic mass is 9.95. The first kappa shape index (κ1) is 13.7. The Morgan fingerprint density at radius 3 is 2.10 bits per heavy atom. The topological polar surface area (TPSA) is 34.1 Å². The fourth-order valence-electron chi connectivity index (χ4n) is 2.06. The fraction of sp³-hybridized carbons (Fsp3) is 0. The summed E-state index contributed by atoms with van der Waals surface area (Å²) in [4.78, 5) is 21.1. The predicted molar refractivity (Wildman–Crippen MR) is 82.1 cm³/mol. The van der Waals surface area contributed by atoms with Crippen molar-refractivity contribution in [1.29, 1.82) is 0 Å². The van der Waals surface area contributed by atoms with Crippen LogP contribution in [0.4, 0.5) is 0 Å². The second kappa shape index (κ2) is 7.00. The summed E-state index contributed by atoms with van der Waals surface area (Å²) in [5, 5.41) is 0. The number of carbonyl (C=O) groups excluding carboxylic acids is 2. The van der Waals surface area contributed by atoms with Crippen molar-refractivity contribution in [2.75, 3.05) is 0 Å². The third kappa shape index (κ3) is 3.18. The van der Waals surface area contributed by atoms with Gasteiger partial charge in [0.15, 0.2) is 0 Å². The minimum Gasteiger partial charge on any atom is -0.299 e. The molecule has 98 valence electrons. The molecule has 0 spiro atoms. The maximum absolute atomic E-state index is 10.6. The van der Waals surface area contributed by atoms with Gasteiger partial charge in [0, 0.05) is 0 Å². The second-order valence-corrected chi connectivity index (χ2v) is 4.16. The smallest absolute Gasteiger partial charge is 0.142 e. The molecule has 2 rings (SSSR count). The van der Waals surface area contributed by atoms with E-state index in [4.69, 9.17) is 0 Å². The summed E-state index contributed by atoms with van der Waals surface area (Å²) >= 11 is 0. The van der Waals surface area contributed by atoms with Gasteiger partial charge in [-0.25, -0.2) is 0 Å². The molecule has 2 nitrogen and oxygen atoms in total. The Balaban J connectivity index is 2.61. The van der Waals surface area contributed by atoms with E-state index in [0.717, 1.165) is 34.8 Å². The van der Waals surface area contributed by atoms with Gasteiger partial charge in [-0.05, 0) is 34.4 Å². The molecule has 0 atom stereocenters. The van der Waals surface area contributed by atoms with Gasteiger partial charge in [0.1, 0.15) is 12.6 Å². The molecule has 0 aromatic heterocycles. The highest BCUT2D eigenvalue weighted by Crippen LogP contribution is 2.28. The number of benzene rings is 2. The summed E-state index contributed by atoms with van der Waals surface area (Å²) in [7, 11) is 0. The van der Waals surface area contributed by atoms with E-state index in [0.29, 0.717) is 0 Å². The standard InChI is InChI=1S/C18H14O2/c19-13-5-10-16-9-4-11-17(18(16)12-6-14-20)15-7-2-1-3-8-15/h1-14H/b10-5+,12-6?. The van der Waals surface area contributed by atoms with Gasteiger partial charge in [-0.15, -0.1) is 0 Å². The molecule has 0 aliphatic heterocycles. The zero-order valence-corrected chi connectivity index (χ0v) is 10.9. The molecule has 0 amide bonds. The first-order valence-electron chi connectivity index (χ1n) is 6.29. The number of allylic oxidation sites excluding steroid dienone is 2. The lowest BCUT2D eigenvalue weighted by Crippen LogP contribution is -1.88. The number of aldehydes is 2. The molecule has 0 aliphatic rings. The van der Waals surface area contributed by atoms with Gasteiger partial charge in [0.05, 0.1) is 0 Å². The van der Waals surface area contributed by atoms with Crippen LogP contribution in [0.25, 0.3) is 23.3 Å². The van der Waals surface area contributed by atoms with Crippen LogP contribution in [0.1, 0.15) is 11.1 Å². The quantitative estimate of drug-likeness (QED) is 0.607. The number of carbonyl (C=O) groups is 2. The molecule has 0 N–H and O–H groups in total. The molecular formula is C18H14O2. The molecular weight excluding hydrogens is 248 g/mol. The third-order valence-electron chi connectivity index (χ3n) is 2.92. The van der Waals surface area contributed by atoms with Crippen LogP contribution in [0, 0.1) is 0 Å². The zero-order chi connectivity index (χ0) is 14.2. The highest BCUT2D eigenvalue weighted by atomic mass is 16.1. The van der Waals surface area contributed by atoms with Crippen LogP contribution in [0.5, 0.6) is 0 Å². The number of hydrogen-bond donors (Lipinski definition) is 0. The Morgan fingerprint density at radius 1 is 0.700 bits per heavy atom. The van der Waals surface area contributed by atoms with Crippen LogP contribution in [-0.4, -0.2) is 12.6 Å². The van der Waals surface area contributed by atoms with E-state index in [1.807, 2.05) is 48.5 Å². The van der Waals surface area contributed by atoms with Crippen LogP contribution < -0.4 is 0 Å². The zero-order valence-electron chi connectivity index (χ0n) is 10.9. The molecule has 0 bridgehead atoms. The molecule has 0 aliphatic carbocycles. The van der Waals surface area contributed by atoms with E-state index < -0.39 is 0 Å². The summed E-state index contributed by atoms with van der Waals surface area (Å²) in [5.41, 5.74) is 3.91. The Kier molecular flexibility index (Phi) is 4.79. The highest BCUT2D eigenvalue weighted by molar-refractivity contribution is 5.86. The van der Waals surface area contributed by atoms with Crippen molar-refractivity contribution < 1.29 is 9.59 Å². The molecule has 0 radical (unpaired) electrons. The van der Waals surface area contributed by atoms with E-state index in [2.05, 4.69) is 0 Å². The molecule has 0 fully saturated rings. The van der Waals surface area contributed by atoms with Crippen LogP contribution in [0.3, 0.4) is 0 Å². The van der Waals surface area contributed by atoms with Crippen molar-refractivity contribution in [3.05, 3.63) is 71.8 Å². The average molecular weight is 262 g/mol. The largest absolute Gasteiger partial charge is 0.299 e. The van der Waals surface area contributed by atoms with Crippen LogP contribution >= 0.6 is 0 Å². The summed E-state index contributed by atoms with van der Waals surface area (Å²) < 4.78 is 0. The lowest BCUT2D eigenvalue weighted by molar-refractivity contribution is -0.104. The summed E-state index contributed by atoms with van der Waals surface area (Å²) in [6.07, 6.45) is 7.89. The Labute approximate surface area is 118 Å². The van der Waals surface area contributed by atoms with Gasteiger partial charge < -0.3 is 0 Å². The molecule has 0 saturated carbocycles. The minimum atomic E-state index is 0.739. The molecule has 0 saturated heterocycles. The molecule has 20 heavy (non-hydrogen) atoms. The van der Waals surface area contributed by atoms with Crippen LogP contribution in [-0.2, 0) is 9.59 Å². The average Bonchev–Trinajstić information content (AvgIpc) is 2.52. The fourth-order valence-corrected chi connectivity index (χ4v) is 2.06. The van der Waals surface area contributed by atoms with Gasteiger partial charge in [-0.2, -0.15) is 0 Å². The summed E-state index contributed by atoms with van der Waals surface area (Å²) in [6, 6.07) is 15.8. The predicted octanol–water partition coefficient (Wildman–Crippen LogP) is 3.78. The maximum Gasteiger partial charge on any atom is 0.142 e. The van der Waals surface area contributed by atoms with Crippen LogP contribution in [0.15, 0.2) is 60.7 Å². The number of rotatable bonds is 5. The minimum absolute atomic E-state index is 0.739. The van der Waals surface area contributed by atoms with E-state index in [1.54, 1.807) is 12.2 Å². The SMILES string of the molecule is O=CC=Cc1c(/C=C/C=O)cccc1-c1ccccc1. The summed E-state index contributed by atoms with van der Waals surface area (Å²) in [6.45, 7) is 0.